The number of carbonyl (C=O) groups is 18. The van der Waals surface area contributed by atoms with E-state index in [0.29, 0.717) is 34.9 Å². The number of hydrogen-bond acceptors (Lipinski definition) is 24. The lowest BCUT2D eigenvalue weighted by Gasteiger charge is -2.28. The highest BCUT2D eigenvalue weighted by atomic mass is 16.4. The molecule has 117 heavy (non-hydrogen) atoms. The molecule has 0 saturated carbocycles. The number of nitrogens with two attached hydrogens (primary N) is 5. The summed E-state index contributed by atoms with van der Waals surface area (Å²) in [6.45, 7) is 2.81. The number of phenols is 1. The van der Waals surface area contributed by atoms with Gasteiger partial charge in [0, 0.05) is 49.2 Å². The van der Waals surface area contributed by atoms with Crippen molar-refractivity contribution in [1.82, 2.24) is 74.1 Å². The number of benzene rings is 3. The molecule has 0 radical (unpaired) electrons. The van der Waals surface area contributed by atoms with Gasteiger partial charge >= 0.3 is 11.9 Å². The van der Waals surface area contributed by atoms with E-state index >= 15 is 0 Å². The van der Waals surface area contributed by atoms with Crippen LogP contribution < -0.4 is 97.8 Å². The summed E-state index contributed by atoms with van der Waals surface area (Å²) >= 11 is 0. The van der Waals surface area contributed by atoms with E-state index in [1.165, 1.54) is 37.4 Å². The van der Waals surface area contributed by atoms with E-state index in [2.05, 4.69) is 68.8 Å². The highest BCUT2D eigenvalue weighted by molar-refractivity contribution is 6.02. The number of unbranched alkanes of at least 4 members (excludes halogenated alkanes) is 1. The topological polar surface area (TPSA) is 731 Å². The lowest BCUT2D eigenvalue weighted by Crippen LogP contribution is -2.62. The molecule has 0 aliphatic heterocycles. The van der Waals surface area contributed by atoms with E-state index in [4.69, 9.17) is 28.7 Å². The Morgan fingerprint density at radius 1 is 0.427 bits per heavy atom. The number of carbonyl (C=O) groups excluding carboxylic acids is 16. The van der Waals surface area contributed by atoms with Crippen LogP contribution in [-0.2, 0) is 106 Å². The summed E-state index contributed by atoms with van der Waals surface area (Å²) in [4.78, 5) is 246. The number of hydrogen-bond donors (Lipinski definition) is 25. The van der Waals surface area contributed by atoms with Crippen LogP contribution in [0.25, 0.3) is 10.9 Å². The molecule has 30 N–H and O–H groups in total. The molecule has 0 spiro atoms. The van der Waals surface area contributed by atoms with Gasteiger partial charge in [-0.25, -0.2) is 4.79 Å². The maximum Gasteiger partial charge on any atom is 0.326 e. The van der Waals surface area contributed by atoms with Crippen LogP contribution in [0, 0.1) is 5.92 Å². The Labute approximate surface area is 670 Å². The Morgan fingerprint density at radius 2 is 0.846 bits per heavy atom. The number of fused-ring (bicyclic) bond motifs is 1. The highest BCUT2D eigenvalue weighted by Crippen LogP contribution is 2.21. The van der Waals surface area contributed by atoms with Crippen LogP contribution in [0.3, 0.4) is 0 Å². The molecule has 0 saturated heterocycles. The second kappa shape index (κ2) is 48.5. The van der Waals surface area contributed by atoms with E-state index in [1.807, 2.05) is 5.32 Å². The summed E-state index contributed by atoms with van der Waals surface area (Å²) in [5.41, 5.74) is 29.2. The van der Waals surface area contributed by atoms with Crippen molar-refractivity contribution in [3.05, 3.63) is 102 Å². The van der Waals surface area contributed by atoms with Crippen molar-refractivity contribution in [2.45, 2.75) is 196 Å². The van der Waals surface area contributed by atoms with Crippen LogP contribution in [0.5, 0.6) is 5.75 Å². The molecule has 4 aromatic rings. The summed E-state index contributed by atoms with van der Waals surface area (Å²) in [6, 6.07) is -2.93. The predicted molar refractivity (Wildman–Crippen MR) is 413 cm³/mol. The fraction of sp³-hybridized carbons (Fsp3) is 0.486. The quantitative estimate of drug-likeness (QED) is 0.0183. The molecule has 1 heterocycles. The van der Waals surface area contributed by atoms with E-state index in [1.54, 1.807) is 68.4 Å². The Balaban J connectivity index is 1.62. The summed E-state index contributed by atoms with van der Waals surface area (Å²) in [5, 5.41) is 90.8. The summed E-state index contributed by atoms with van der Waals surface area (Å²) in [7, 11) is 0. The van der Waals surface area contributed by atoms with Gasteiger partial charge in [-0.2, -0.15) is 0 Å². The Morgan fingerprint density at radius 3 is 1.34 bits per heavy atom. The number of H-pyrrole nitrogens is 1. The third-order valence-electron chi connectivity index (χ3n) is 17.9. The van der Waals surface area contributed by atoms with E-state index in [9.17, 15) is 117 Å². The number of amides is 16. The number of phenolic OH excluding ortho intramolecular Hbond substituents is 1. The third kappa shape index (κ3) is 33.7. The highest BCUT2D eigenvalue weighted by Gasteiger charge is 2.39. The van der Waals surface area contributed by atoms with Gasteiger partial charge in [0.15, 0.2) is 0 Å². The van der Waals surface area contributed by atoms with Crippen LogP contribution in [0.1, 0.15) is 109 Å². The van der Waals surface area contributed by atoms with E-state index in [0.717, 1.165) is 6.92 Å². The average Bonchev–Trinajstić information content (AvgIpc) is 1.70. The monoisotopic (exact) mass is 1640 g/mol. The number of aromatic amines is 1. The zero-order chi connectivity index (χ0) is 87.3. The van der Waals surface area contributed by atoms with Gasteiger partial charge in [0.05, 0.1) is 38.7 Å². The summed E-state index contributed by atoms with van der Waals surface area (Å²) in [5.74, 6) is -22.2. The predicted octanol–water partition coefficient (Wildman–Crippen LogP) is -8.31. The number of aliphatic hydroxyl groups excluding tert-OH is 3. The number of rotatable bonds is 52. The maximum absolute atomic E-state index is 14.8. The molecule has 0 unspecified atom stereocenters. The molecule has 0 fully saturated rings. The molecule has 4 rings (SSSR count). The zero-order valence-corrected chi connectivity index (χ0v) is 64.7. The smallest absolute Gasteiger partial charge is 0.326 e. The van der Waals surface area contributed by atoms with Crippen molar-refractivity contribution < 1.29 is 117 Å². The van der Waals surface area contributed by atoms with Crippen molar-refractivity contribution in [3.63, 3.8) is 0 Å². The van der Waals surface area contributed by atoms with Crippen LogP contribution in [0.4, 0.5) is 0 Å². The first-order chi connectivity index (χ1) is 55.2. The summed E-state index contributed by atoms with van der Waals surface area (Å²) in [6.07, 6.45) is -5.03. The first-order valence-corrected chi connectivity index (χ1v) is 37.2. The first kappa shape index (κ1) is 96.6. The van der Waals surface area contributed by atoms with Crippen molar-refractivity contribution in [3.8, 4) is 5.75 Å². The van der Waals surface area contributed by atoms with Crippen LogP contribution in [-0.4, -0.2) is 253 Å². The normalized spacial score (nSPS) is 14.7. The molecule has 0 aliphatic rings. The minimum absolute atomic E-state index is 0.0420. The Hall–Kier alpha value is -12.7. The number of aromatic hydroxyl groups is 1. The average molecular weight is 1640 g/mol. The van der Waals surface area contributed by atoms with Gasteiger partial charge in [-0.1, -0.05) is 74.5 Å². The molecule has 43 nitrogen and oxygen atoms in total. The van der Waals surface area contributed by atoms with Crippen molar-refractivity contribution in [1.29, 1.82) is 0 Å². The number of aromatic nitrogens is 1. The number of primary amides is 3. The van der Waals surface area contributed by atoms with Crippen LogP contribution in [0.15, 0.2) is 85.1 Å². The number of aliphatic carboxylic acids is 2. The molecule has 0 bridgehead atoms. The molecular weight excluding hydrogens is 1540 g/mol. The number of nitrogens with one attached hydrogen (secondary N) is 14. The Kier molecular flexibility index (Phi) is 40.0. The van der Waals surface area contributed by atoms with Crippen molar-refractivity contribution >= 4 is 117 Å². The lowest BCUT2D eigenvalue weighted by molar-refractivity contribution is -0.143. The van der Waals surface area contributed by atoms with E-state index < -0.39 is 262 Å². The summed E-state index contributed by atoms with van der Waals surface area (Å²) < 4.78 is 0. The minimum atomic E-state index is -2.25. The fourth-order valence-electron chi connectivity index (χ4n) is 11.5. The molecule has 43 heteroatoms. The van der Waals surface area contributed by atoms with Gasteiger partial charge in [0.1, 0.15) is 84.3 Å². The van der Waals surface area contributed by atoms with Gasteiger partial charge < -0.3 is 133 Å². The second-order valence-electron chi connectivity index (χ2n) is 28.0. The number of aliphatic hydroxyl groups is 3. The number of carboxylic acids is 2. The zero-order valence-electron chi connectivity index (χ0n) is 64.7. The third-order valence-corrected chi connectivity index (χ3v) is 17.9. The standard InChI is InChI=1S/C74H105N19O24/c1-36(2)26-48(86-68(110)49(27-39-12-6-5-7-13-39)87-63(105)45(21-23-56(76)98)83-59(101)33-81-73(115)61(79)38(4)96)66(108)88-50(28-40-17-19-42(97)20-18-40)67(109)84-46(22-24-57(77)99)64(106)91-53(31-60(102)103)70(112)93-55(35-95)72(114)90-52(30-58(78)100)69(111)89-51(29-41-32-80-44-15-9-8-14-43(41)44)65(107)82-37(3)62(104)92-54(34-94)71(113)85-47(74(116)117)16-10-11-25-75/h5-9,12-15,17-20,32,36-38,45-55,61,80,94-97H,10-11,16,21-31,33-35,75,79H2,1-4H3,(H2,76,98)(H2,77,99)(H2,78,100)(H,81,115)(H,82,107)(H,83,101)(H,84,109)(H,85,113)(H,86,110)(H,87,105)(H,88,108)(H,89,111)(H,90,114)(H,91,106)(H,92,104)(H,93,112)(H,102,103)(H,116,117)/t37-,38+,45-,46-,47-,48-,49-,50-,51-,52-,53-,54-,55-,61-/m0/s1. The van der Waals surface area contributed by atoms with E-state index in [-0.39, 0.29) is 43.5 Å². The number of carboxylic acid groups (broad SMARTS) is 2. The van der Waals surface area contributed by atoms with Gasteiger partial charge in [-0.05, 0) is 99.7 Å². The molecule has 0 aliphatic carbocycles. The molecular formula is C74H105N19O24. The molecule has 3 aromatic carbocycles. The SMILES string of the molecule is CC(C)C[C@H](NC(=O)[C@H](Cc1ccccc1)NC(=O)[C@H](CCC(N)=O)NC(=O)CNC(=O)[C@@H](N)[C@@H](C)O)C(=O)N[C@@H](Cc1ccc(O)cc1)C(=O)N[C@@H](CCC(N)=O)C(=O)N[C@@H](CC(=O)O)C(=O)N[C@@H](CO)C(=O)N[C@@H](CC(N)=O)C(=O)N[C@@H](Cc1c[nH]c2ccccc12)C(=O)N[C@@H](C)C(=O)N[C@@H](CO)C(=O)N[C@@H](CCCCN)C(=O)O. The fourth-order valence-corrected chi connectivity index (χ4v) is 11.5. The first-order valence-electron chi connectivity index (χ1n) is 37.2. The molecule has 14 atom stereocenters. The van der Waals surface area contributed by atoms with Gasteiger partial charge in [-0.15, -0.1) is 0 Å². The van der Waals surface area contributed by atoms with Crippen molar-refractivity contribution in [2.75, 3.05) is 26.3 Å². The van der Waals surface area contributed by atoms with Crippen LogP contribution in [0.2, 0.25) is 0 Å². The molecule has 16 amide bonds. The lowest BCUT2D eigenvalue weighted by atomic mass is 9.99. The minimum Gasteiger partial charge on any atom is -0.508 e. The number of para-hydroxylation sites is 1. The van der Waals surface area contributed by atoms with Gasteiger partial charge in [0.2, 0.25) is 94.5 Å². The molecule has 1 aromatic heterocycles. The van der Waals surface area contributed by atoms with Gasteiger partial charge in [0.25, 0.3) is 0 Å². The van der Waals surface area contributed by atoms with Gasteiger partial charge in [-0.3, -0.25) is 81.5 Å². The maximum atomic E-state index is 14.8. The largest absolute Gasteiger partial charge is 0.508 e. The van der Waals surface area contributed by atoms with Crippen molar-refractivity contribution in [2.24, 2.45) is 34.6 Å². The Bertz CT molecular complexity index is 4150. The second-order valence-corrected chi connectivity index (χ2v) is 28.0. The molecule has 640 valence electrons. The van der Waals surface area contributed by atoms with Crippen LogP contribution >= 0.6 is 0 Å².